The Morgan fingerprint density at radius 1 is 1.24 bits per heavy atom. The fraction of sp³-hybridized carbons (Fsp3) is 0.684. The maximum absolute atomic E-state index is 13.1. The Labute approximate surface area is 148 Å². The topological polar surface area (TPSA) is 57.0 Å². The third-order valence-electron chi connectivity index (χ3n) is 6.09. The van der Waals surface area contributed by atoms with Gasteiger partial charge in [-0.1, -0.05) is 0 Å². The molecule has 25 heavy (non-hydrogen) atoms. The summed E-state index contributed by atoms with van der Waals surface area (Å²) in [7, 11) is 2.17. The van der Waals surface area contributed by atoms with Crippen molar-refractivity contribution in [1.82, 2.24) is 14.7 Å². The van der Waals surface area contributed by atoms with Crippen LogP contribution in [0.5, 0.6) is 0 Å². The van der Waals surface area contributed by atoms with Gasteiger partial charge in [-0.2, -0.15) is 0 Å². The minimum Gasteiger partial charge on any atom is -0.467 e. The Morgan fingerprint density at radius 2 is 2.04 bits per heavy atom. The van der Waals surface area contributed by atoms with Gasteiger partial charge in [-0.3, -0.25) is 9.59 Å². The normalized spacial score (nSPS) is 30.6. The molecule has 0 radical (unpaired) electrons. The number of nitrogens with zero attached hydrogens (tertiary/aromatic N) is 3. The van der Waals surface area contributed by atoms with Crippen molar-refractivity contribution in [3.63, 3.8) is 0 Å². The molecule has 6 heteroatoms. The van der Waals surface area contributed by atoms with E-state index in [0.717, 1.165) is 31.7 Å². The number of hydrogen-bond donors (Lipinski definition) is 0. The molecule has 6 nitrogen and oxygen atoms in total. The average Bonchev–Trinajstić information content (AvgIpc) is 3.36. The molecule has 1 aromatic rings. The quantitative estimate of drug-likeness (QED) is 0.834. The Morgan fingerprint density at radius 3 is 2.76 bits per heavy atom. The summed E-state index contributed by atoms with van der Waals surface area (Å²) in [4.78, 5) is 31.7. The van der Waals surface area contributed by atoms with Crippen LogP contribution in [0.2, 0.25) is 0 Å². The van der Waals surface area contributed by atoms with Crippen LogP contribution in [0.25, 0.3) is 0 Å². The van der Waals surface area contributed by atoms with Gasteiger partial charge in [-0.15, -0.1) is 0 Å². The average molecular weight is 345 g/mol. The van der Waals surface area contributed by atoms with Gasteiger partial charge in [-0.25, -0.2) is 0 Å². The van der Waals surface area contributed by atoms with Crippen molar-refractivity contribution in [3.05, 3.63) is 24.2 Å². The Balaban J connectivity index is 1.41. The first-order chi connectivity index (χ1) is 12.1. The number of carbonyl (C=O) groups is 2. The van der Waals surface area contributed by atoms with E-state index >= 15 is 0 Å². The van der Waals surface area contributed by atoms with Gasteiger partial charge in [0.25, 0.3) is 0 Å². The molecule has 1 aromatic heterocycles. The number of likely N-dealkylation sites (N-methyl/N-ethyl adjacent to an activating group) is 1. The van der Waals surface area contributed by atoms with Crippen molar-refractivity contribution in [2.45, 2.75) is 50.7 Å². The van der Waals surface area contributed by atoms with Crippen LogP contribution in [-0.2, 0) is 16.1 Å². The molecule has 0 saturated carbocycles. The van der Waals surface area contributed by atoms with Crippen LogP contribution in [0.4, 0.5) is 0 Å². The fourth-order valence-electron chi connectivity index (χ4n) is 4.80. The molecule has 4 rings (SSSR count). The minimum absolute atomic E-state index is 0.0588. The predicted octanol–water partition coefficient (Wildman–Crippen LogP) is 1.71. The maximum atomic E-state index is 13.1. The van der Waals surface area contributed by atoms with Crippen LogP contribution in [0.1, 0.15) is 37.9 Å². The molecule has 0 N–H and O–H groups in total. The van der Waals surface area contributed by atoms with E-state index in [0.29, 0.717) is 31.6 Å². The lowest BCUT2D eigenvalue weighted by Crippen LogP contribution is -2.49. The monoisotopic (exact) mass is 345 g/mol. The van der Waals surface area contributed by atoms with Gasteiger partial charge < -0.3 is 19.1 Å². The summed E-state index contributed by atoms with van der Waals surface area (Å²) in [6, 6.07) is 4.51. The molecule has 0 aliphatic carbocycles. The van der Waals surface area contributed by atoms with Crippen LogP contribution in [0, 0.1) is 5.92 Å². The van der Waals surface area contributed by atoms with Crippen LogP contribution in [0.3, 0.4) is 0 Å². The Kier molecular flexibility index (Phi) is 4.54. The van der Waals surface area contributed by atoms with Gasteiger partial charge in [0.05, 0.1) is 18.7 Å². The molecule has 3 fully saturated rings. The summed E-state index contributed by atoms with van der Waals surface area (Å²) in [5.74, 6) is 0.810. The zero-order valence-corrected chi connectivity index (χ0v) is 14.9. The lowest BCUT2D eigenvalue weighted by molar-refractivity contribution is -0.137. The third-order valence-corrected chi connectivity index (χ3v) is 6.09. The summed E-state index contributed by atoms with van der Waals surface area (Å²) in [5, 5.41) is 0. The fourth-order valence-corrected chi connectivity index (χ4v) is 4.80. The van der Waals surface area contributed by atoms with E-state index in [1.807, 2.05) is 12.1 Å². The Hall–Kier alpha value is -1.82. The van der Waals surface area contributed by atoms with Gasteiger partial charge >= 0.3 is 0 Å². The highest BCUT2D eigenvalue weighted by Gasteiger charge is 2.43. The van der Waals surface area contributed by atoms with E-state index in [-0.39, 0.29) is 17.7 Å². The lowest BCUT2D eigenvalue weighted by Gasteiger charge is -2.34. The number of rotatable bonds is 4. The number of furan rings is 1. The first-order valence-corrected chi connectivity index (χ1v) is 9.44. The zero-order chi connectivity index (χ0) is 17.4. The SMILES string of the molecule is CN1CCC[C@@H]1[C@H]1CCCN1C(=O)[C@@H]1CC(=O)N(Cc2ccco2)C1. The lowest BCUT2D eigenvalue weighted by atomic mass is 10.0. The summed E-state index contributed by atoms with van der Waals surface area (Å²) in [6.07, 6.45) is 6.53. The first kappa shape index (κ1) is 16.6. The van der Waals surface area contributed by atoms with Crippen molar-refractivity contribution >= 4 is 11.8 Å². The minimum atomic E-state index is -0.199. The molecule has 136 valence electrons. The van der Waals surface area contributed by atoms with Crippen LogP contribution < -0.4 is 0 Å². The summed E-state index contributed by atoms with van der Waals surface area (Å²) in [6.45, 7) is 2.95. The Bertz CT molecular complexity index is 630. The number of likely N-dealkylation sites (tertiary alicyclic amines) is 3. The van der Waals surface area contributed by atoms with E-state index in [2.05, 4.69) is 16.8 Å². The molecular formula is C19H27N3O3. The van der Waals surface area contributed by atoms with Crippen molar-refractivity contribution < 1.29 is 14.0 Å². The van der Waals surface area contributed by atoms with Crippen LogP contribution >= 0.6 is 0 Å². The van der Waals surface area contributed by atoms with Gasteiger partial charge in [0.15, 0.2) is 0 Å². The van der Waals surface area contributed by atoms with Gasteiger partial charge in [0.1, 0.15) is 5.76 Å². The summed E-state index contributed by atoms with van der Waals surface area (Å²) >= 11 is 0. The molecule has 0 aromatic carbocycles. The maximum Gasteiger partial charge on any atom is 0.228 e. The molecule has 4 heterocycles. The van der Waals surface area contributed by atoms with Crippen LogP contribution in [0.15, 0.2) is 22.8 Å². The molecule has 3 aliphatic rings. The second kappa shape index (κ2) is 6.83. The van der Waals surface area contributed by atoms with E-state index < -0.39 is 0 Å². The number of amides is 2. The van der Waals surface area contributed by atoms with Gasteiger partial charge in [-0.05, 0) is 51.4 Å². The van der Waals surface area contributed by atoms with Crippen molar-refractivity contribution in [2.75, 3.05) is 26.7 Å². The van der Waals surface area contributed by atoms with Crippen molar-refractivity contribution in [3.8, 4) is 0 Å². The second-order valence-corrected chi connectivity index (χ2v) is 7.69. The van der Waals surface area contributed by atoms with Gasteiger partial charge in [0.2, 0.25) is 11.8 Å². The predicted molar refractivity (Wildman–Crippen MR) is 92.6 cm³/mol. The molecular weight excluding hydrogens is 318 g/mol. The summed E-state index contributed by atoms with van der Waals surface area (Å²) < 4.78 is 5.34. The van der Waals surface area contributed by atoms with E-state index in [9.17, 15) is 9.59 Å². The molecule has 2 amide bonds. The first-order valence-electron chi connectivity index (χ1n) is 9.44. The largest absolute Gasteiger partial charge is 0.467 e. The summed E-state index contributed by atoms with van der Waals surface area (Å²) in [5.41, 5.74) is 0. The number of carbonyl (C=O) groups excluding carboxylic acids is 2. The van der Waals surface area contributed by atoms with E-state index in [1.54, 1.807) is 11.2 Å². The zero-order valence-electron chi connectivity index (χ0n) is 14.9. The smallest absolute Gasteiger partial charge is 0.228 e. The molecule has 3 aliphatic heterocycles. The third kappa shape index (κ3) is 3.19. The molecule has 3 saturated heterocycles. The molecule has 0 bridgehead atoms. The highest BCUT2D eigenvalue weighted by atomic mass is 16.3. The highest BCUT2D eigenvalue weighted by Crippen LogP contribution is 2.32. The van der Waals surface area contributed by atoms with Crippen molar-refractivity contribution in [1.29, 1.82) is 0 Å². The second-order valence-electron chi connectivity index (χ2n) is 7.69. The standard InChI is InChI=1S/C19H27N3O3/c1-20-8-2-6-16(20)17-7-3-9-22(17)19(24)14-11-18(23)21(12-14)13-15-5-4-10-25-15/h4-5,10,14,16-17H,2-3,6-9,11-13H2,1H3/t14-,16-,17-/m1/s1. The molecule has 0 unspecified atom stereocenters. The highest BCUT2D eigenvalue weighted by molar-refractivity contribution is 5.89. The molecule has 3 atom stereocenters. The van der Waals surface area contributed by atoms with Crippen LogP contribution in [-0.4, -0.2) is 65.3 Å². The van der Waals surface area contributed by atoms with E-state index in [1.165, 1.54) is 12.8 Å². The van der Waals surface area contributed by atoms with E-state index in [4.69, 9.17) is 4.42 Å². The molecule has 0 spiro atoms. The van der Waals surface area contributed by atoms with Gasteiger partial charge in [0, 0.05) is 31.6 Å². The number of hydrogen-bond acceptors (Lipinski definition) is 4. The van der Waals surface area contributed by atoms with Crippen molar-refractivity contribution in [2.24, 2.45) is 5.92 Å².